The van der Waals surface area contributed by atoms with Crippen molar-refractivity contribution in [1.29, 1.82) is 0 Å². The third kappa shape index (κ3) is 2.79. The number of aliphatic hydroxyl groups excluding tert-OH is 1. The van der Waals surface area contributed by atoms with E-state index in [0.29, 0.717) is 19.1 Å². The maximum absolute atomic E-state index is 12.7. The van der Waals surface area contributed by atoms with Crippen molar-refractivity contribution in [2.75, 3.05) is 19.8 Å². The average molecular weight is 295 g/mol. The number of carbonyl (C=O) groups excluding carboxylic acids is 2. The van der Waals surface area contributed by atoms with Crippen molar-refractivity contribution in [3.63, 3.8) is 0 Å². The first-order valence-corrected chi connectivity index (χ1v) is 8.05. The average Bonchev–Trinajstić information content (AvgIpc) is 2.67. The fourth-order valence-electron chi connectivity index (χ4n) is 3.76. The van der Waals surface area contributed by atoms with Crippen LogP contribution in [0, 0.1) is 5.92 Å². The number of aliphatic hydroxyl groups is 1. The minimum absolute atomic E-state index is 0.0699. The molecule has 3 fully saturated rings. The van der Waals surface area contributed by atoms with E-state index in [2.05, 4.69) is 12.2 Å². The third-order valence-corrected chi connectivity index (χ3v) is 5.20. The van der Waals surface area contributed by atoms with Crippen LogP contribution >= 0.6 is 0 Å². The maximum Gasteiger partial charge on any atom is 0.326 e. The molecule has 0 aromatic rings. The fourth-order valence-corrected chi connectivity index (χ4v) is 3.76. The van der Waals surface area contributed by atoms with Crippen molar-refractivity contribution in [2.24, 2.45) is 5.92 Å². The number of amides is 3. The Morgan fingerprint density at radius 3 is 2.67 bits per heavy atom. The van der Waals surface area contributed by atoms with Gasteiger partial charge in [0.25, 0.3) is 5.91 Å². The standard InChI is InChI=1S/C15H25N3O3/c1-11-4-6-15(7-5-11)13(20)18(14(21)16-15)10-17-8-2-3-12(19)9-17/h11-12,19H,2-10H2,1H3,(H,16,21)/t11?,12-,15?/m1/s1. The van der Waals surface area contributed by atoms with Crippen molar-refractivity contribution in [3.05, 3.63) is 0 Å². The zero-order valence-electron chi connectivity index (χ0n) is 12.7. The highest BCUT2D eigenvalue weighted by Crippen LogP contribution is 2.36. The summed E-state index contributed by atoms with van der Waals surface area (Å²) in [6, 6.07) is -0.269. The Morgan fingerprint density at radius 2 is 2.00 bits per heavy atom. The molecule has 6 nitrogen and oxygen atoms in total. The van der Waals surface area contributed by atoms with E-state index in [9.17, 15) is 14.7 Å². The quantitative estimate of drug-likeness (QED) is 0.743. The van der Waals surface area contributed by atoms with E-state index in [0.717, 1.165) is 45.1 Å². The smallest absolute Gasteiger partial charge is 0.326 e. The Labute approximate surface area is 125 Å². The van der Waals surface area contributed by atoms with Crippen molar-refractivity contribution in [2.45, 2.75) is 57.1 Å². The molecule has 0 bridgehead atoms. The molecule has 2 N–H and O–H groups in total. The maximum atomic E-state index is 12.7. The molecule has 0 aromatic heterocycles. The summed E-state index contributed by atoms with van der Waals surface area (Å²) in [7, 11) is 0. The minimum atomic E-state index is -0.655. The topological polar surface area (TPSA) is 72.9 Å². The molecule has 2 aliphatic heterocycles. The number of hydrogen-bond acceptors (Lipinski definition) is 4. The highest BCUT2D eigenvalue weighted by atomic mass is 16.3. The van der Waals surface area contributed by atoms with Gasteiger partial charge in [-0.25, -0.2) is 9.69 Å². The number of nitrogens with one attached hydrogen (secondary N) is 1. The van der Waals surface area contributed by atoms with E-state index in [1.54, 1.807) is 0 Å². The molecule has 1 saturated carbocycles. The Morgan fingerprint density at radius 1 is 1.29 bits per heavy atom. The molecule has 0 unspecified atom stereocenters. The van der Waals surface area contributed by atoms with Gasteiger partial charge in [0.05, 0.1) is 12.8 Å². The summed E-state index contributed by atoms with van der Waals surface area (Å²) in [4.78, 5) is 28.2. The van der Waals surface area contributed by atoms with Gasteiger partial charge in [0.15, 0.2) is 0 Å². The van der Waals surface area contributed by atoms with Gasteiger partial charge in [-0.05, 0) is 44.4 Å². The first kappa shape index (κ1) is 14.8. The number of rotatable bonds is 2. The molecule has 6 heteroatoms. The molecule has 21 heavy (non-hydrogen) atoms. The Hall–Kier alpha value is -1.14. The molecular weight excluding hydrogens is 270 g/mol. The molecule has 2 heterocycles. The largest absolute Gasteiger partial charge is 0.392 e. The molecule has 0 aromatic carbocycles. The van der Waals surface area contributed by atoms with Crippen molar-refractivity contribution in [1.82, 2.24) is 15.1 Å². The fraction of sp³-hybridized carbons (Fsp3) is 0.867. The van der Waals surface area contributed by atoms with Crippen LogP contribution in [-0.4, -0.2) is 58.2 Å². The normalized spacial score (nSPS) is 38.1. The Balaban J connectivity index is 1.66. The molecule has 3 aliphatic rings. The van der Waals surface area contributed by atoms with Gasteiger partial charge in [-0.15, -0.1) is 0 Å². The van der Waals surface area contributed by atoms with Gasteiger partial charge in [-0.1, -0.05) is 6.92 Å². The van der Waals surface area contributed by atoms with Gasteiger partial charge in [0.2, 0.25) is 0 Å². The first-order chi connectivity index (χ1) is 10.00. The highest BCUT2D eigenvalue weighted by Gasteiger charge is 2.52. The van der Waals surface area contributed by atoms with Crippen LogP contribution in [0.5, 0.6) is 0 Å². The second-order valence-corrected chi connectivity index (χ2v) is 6.94. The summed E-state index contributed by atoms with van der Waals surface area (Å²) in [6.45, 7) is 3.87. The van der Waals surface area contributed by atoms with Crippen LogP contribution in [0.15, 0.2) is 0 Å². The molecule has 1 atom stereocenters. The summed E-state index contributed by atoms with van der Waals surface area (Å²) in [5.74, 6) is 0.561. The van der Waals surface area contributed by atoms with E-state index in [-0.39, 0.29) is 18.0 Å². The van der Waals surface area contributed by atoms with Gasteiger partial charge >= 0.3 is 6.03 Å². The molecular formula is C15H25N3O3. The molecule has 3 rings (SSSR count). The number of imide groups is 1. The second kappa shape index (κ2) is 5.57. The van der Waals surface area contributed by atoms with Crippen LogP contribution in [0.4, 0.5) is 4.79 Å². The number of likely N-dealkylation sites (tertiary alicyclic amines) is 1. The molecule has 2 saturated heterocycles. The lowest BCUT2D eigenvalue weighted by atomic mass is 9.77. The summed E-state index contributed by atoms with van der Waals surface area (Å²) < 4.78 is 0. The zero-order chi connectivity index (χ0) is 15.0. The van der Waals surface area contributed by atoms with Crippen LogP contribution in [0.1, 0.15) is 45.4 Å². The predicted molar refractivity (Wildman–Crippen MR) is 77.4 cm³/mol. The molecule has 118 valence electrons. The van der Waals surface area contributed by atoms with Gasteiger partial charge in [0.1, 0.15) is 5.54 Å². The number of hydrogen-bond donors (Lipinski definition) is 2. The van der Waals surface area contributed by atoms with Crippen LogP contribution in [0.2, 0.25) is 0 Å². The molecule has 1 aliphatic carbocycles. The van der Waals surface area contributed by atoms with Crippen LogP contribution in [0.25, 0.3) is 0 Å². The van der Waals surface area contributed by atoms with E-state index in [4.69, 9.17) is 0 Å². The van der Waals surface area contributed by atoms with E-state index in [1.807, 2.05) is 4.90 Å². The van der Waals surface area contributed by atoms with Crippen LogP contribution in [-0.2, 0) is 4.79 Å². The van der Waals surface area contributed by atoms with E-state index in [1.165, 1.54) is 4.90 Å². The molecule has 3 amide bonds. The van der Waals surface area contributed by atoms with Crippen molar-refractivity contribution >= 4 is 11.9 Å². The van der Waals surface area contributed by atoms with Gasteiger partial charge in [0, 0.05) is 13.1 Å². The van der Waals surface area contributed by atoms with Gasteiger partial charge in [-0.3, -0.25) is 9.69 Å². The lowest BCUT2D eigenvalue weighted by molar-refractivity contribution is -0.134. The molecule has 0 radical (unpaired) electrons. The lowest BCUT2D eigenvalue weighted by Gasteiger charge is -2.35. The first-order valence-electron chi connectivity index (χ1n) is 8.05. The summed E-state index contributed by atoms with van der Waals surface area (Å²) >= 11 is 0. The van der Waals surface area contributed by atoms with Crippen molar-refractivity contribution in [3.8, 4) is 0 Å². The lowest BCUT2D eigenvalue weighted by Crippen LogP contribution is -2.50. The van der Waals surface area contributed by atoms with E-state index >= 15 is 0 Å². The van der Waals surface area contributed by atoms with Crippen LogP contribution < -0.4 is 5.32 Å². The van der Waals surface area contributed by atoms with Gasteiger partial charge in [-0.2, -0.15) is 0 Å². The summed E-state index contributed by atoms with van der Waals surface area (Å²) in [5, 5.41) is 12.6. The predicted octanol–water partition coefficient (Wildman–Crippen LogP) is 0.901. The molecule has 1 spiro atoms. The number of carbonyl (C=O) groups is 2. The van der Waals surface area contributed by atoms with Gasteiger partial charge < -0.3 is 10.4 Å². The number of urea groups is 1. The van der Waals surface area contributed by atoms with Crippen molar-refractivity contribution < 1.29 is 14.7 Å². The highest BCUT2D eigenvalue weighted by molar-refractivity contribution is 6.07. The minimum Gasteiger partial charge on any atom is -0.392 e. The second-order valence-electron chi connectivity index (χ2n) is 6.94. The summed E-state index contributed by atoms with van der Waals surface area (Å²) in [5.41, 5.74) is -0.655. The number of nitrogens with zero attached hydrogens (tertiary/aromatic N) is 2. The van der Waals surface area contributed by atoms with Crippen LogP contribution in [0.3, 0.4) is 0 Å². The number of piperidine rings is 1. The Kier molecular flexibility index (Phi) is 3.92. The summed E-state index contributed by atoms with van der Waals surface area (Å²) in [6.07, 6.45) is 4.84. The zero-order valence-corrected chi connectivity index (χ0v) is 12.7. The third-order valence-electron chi connectivity index (χ3n) is 5.20. The SMILES string of the molecule is CC1CCC2(CC1)NC(=O)N(CN1CCC[C@@H](O)C1)C2=O. The monoisotopic (exact) mass is 295 g/mol. The number of β-amino-alcohol motifs (C(OH)–C–C–N with tert-alkyl or cyclic N) is 1. The van der Waals surface area contributed by atoms with E-state index < -0.39 is 5.54 Å². The Bertz CT molecular complexity index is 432.